The summed E-state index contributed by atoms with van der Waals surface area (Å²) in [5.41, 5.74) is 3.41. The Labute approximate surface area is 178 Å². The summed E-state index contributed by atoms with van der Waals surface area (Å²) in [4.78, 5) is 8.48. The quantitative estimate of drug-likeness (QED) is 0.541. The number of aliphatic hydroxyl groups is 1. The van der Waals surface area contributed by atoms with Crippen molar-refractivity contribution >= 4 is 16.9 Å². The Balaban J connectivity index is 1.28. The third kappa shape index (κ3) is 3.66. The number of rotatable bonds is 4. The second-order valence-electron chi connectivity index (χ2n) is 7.79. The predicted octanol–water partition coefficient (Wildman–Crippen LogP) is 2.88. The normalized spacial score (nSPS) is 16.2. The van der Waals surface area contributed by atoms with E-state index in [9.17, 15) is 9.50 Å². The van der Waals surface area contributed by atoms with Crippen LogP contribution in [0.1, 0.15) is 17.5 Å². The number of piperazine rings is 1. The summed E-state index contributed by atoms with van der Waals surface area (Å²) in [6.45, 7) is 4.41. The van der Waals surface area contributed by atoms with Gasteiger partial charge in [-0.3, -0.25) is 9.58 Å². The van der Waals surface area contributed by atoms with Gasteiger partial charge < -0.3 is 14.5 Å². The number of halogens is 1. The molecule has 1 fully saturated rings. The molecule has 0 spiro atoms. The van der Waals surface area contributed by atoms with E-state index in [4.69, 9.17) is 4.52 Å². The zero-order valence-electron chi connectivity index (χ0n) is 17.4. The van der Waals surface area contributed by atoms with Gasteiger partial charge >= 0.3 is 6.01 Å². The van der Waals surface area contributed by atoms with Gasteiger partial charge in [0.2, 0.25) is 5.82 Å². The van der Waals surface area contributed by atoms with Crippen molar-refractivity contribution in [3.63, 3.8) is 0 Å². The third-order valence-electron chi connectivity index (χ3n) is 5.79. The minimum atomic E-state index is -0.842. The summed E-state index contributed by atoms with van der Waals surface area (Å²) in [5, 5.41) is 20.3. The Morgan fingerprint density at radius 3 is 2.68 bits per heavy atom. The van der Waals surface area contributed by atoms with Crippen LogP contribution in [0.2, 0.25) is 0 Å². The van der Waals surface area contributed by atoms with Gasteiger partial charge in [-0.25, -0.2) is 4.39 Å². The molecule has 5 rings (SSSR count). The van der Waals surface area contributed by atoms with Crippen molar-refractivity contribution in [2.45, 2.75) is 13.2 Å². The van der Waals surface area contributed by atoms with Gasteiger partial charge in [0.25, 0.3) is 0 Å². The Kier molecular flexibility index (Phi) is 4.91. The molecule has 0 saturated carbocycles. The highest BCUT2D eigenvalue weighted by atomic mass is 19.1. The van der Waals surface area contributed by atoms with Crippen LogP contribution in [0.4, 0.5) is 10.4 Å². The Bertz CT molecular complexity index is 1230. The number of hydrogen-bond acceptors (Lipinski definition) is 7. The summed E-state index contributed by atoms with van der Waals surface area (Å²) in [6, 6.07) is 12.5. The molecular formula is C22H23FN6O2. The number of aromatic nitrogens is 4. The molecule has 2 aromatic carbocycles. The second kappa shape index (κ2) is 7.75. The van der Waals surface area contributed by atoms with E-state index in [-0.39, 0.29) is 5.82 Å². The highest BCUT2D eigenvalue weighted by Gasteiger charge is 2.26. The fraction of sp³-hybridized carbons (Fsp3) is 0.318. The van der Waals surface area contributed by atoms with Crippen molar-refractivity contribution in [2.24, 2.45) is 7.05 Å². The smallest absolute Gasteiger partial charge is 0.324 e. The van der Waals surface area contributed by atoms with Gasteiger partial charge in [0, 0.05) is 44.2 Å². The van der Waals surface area contributed by atoms with Gasteiger partial charge in [0.15, 0.2) is 0 Å². The highest BCUT2D eigenvalue weighted by Crippen LogP contribution is 2.27. The average molecular weight is 422 g/mol. The van der Waals surface area contributed by atoms with Crippen LogP contribution in [0.5, 0.6) is 0 Å². The van der Waals surface area contributed by atoms with Crippen molar-refractivity contribution in [1.29, 1.82) is 0 Å². The first-order chi connectivity index (χ1) is 15.0. The molecule has 1 atom stereocenters. The summed E-state index contributed by atoms with van der Waals surface area (Å²) in [7, 11) is 1.92. The minimum absolute atomic E-state index is 0.354. The lowest BCUT2D eigenvalue weighted by molar-refractivity contribution is -0.00240. The van der Waals surface area contributed by atoms with Crippen molar-refractivity contribution in [1.82, 2.24) is 24.8 Å². The van der Waals surface area contributed by atoms with Crippen LogP contribution in [0.25, 0.3) is 22.3 Å². The maximum atomic E-state index is 13.5. The number of aliphatic hydroxyl groups excluding tert-OH is 1. The van der Waals surface area contributed by atoms with E-state index in [1.807, 2.05) is 46.7 Å². The fourth-order valence-corrected chi connectivity index (χ4v) is 4.07. The van der Waals surface area contributed by atoms with E-state index in [2.05, 4.69) is 15.2 Å². The summed E-state index contributed by atoms with van der Waals surface area (Å²) in [5.74, 6) is 0.172. The van der Waals surface area contributed by atoms with Gasteiger partial charge in [0.1, 0.15) is 12.0 Å². The van der Waals surface area contributed by atoms with E-state index >= 15 is 0 Å². The van der Waals surface area contributed by atoms with E-state index < -0.39 is 6.23 Å². The molecule has 4 aromatic rings. The lowest BCUT2D eigenvalue weighted by Gasteiger charge is -2.36. The molecule has 1 N–H and O–H groups in total. The zero-order valence-corrected chi connectivity index (χ0v) is 17.4. The van der Waals surface area contributed by atoms with Crippen LogP contribution in [0.15, 0.2) is 47.0 Å². The first kappa shape index (κ1) is 19.7. The minimum Gasteiger partial charge on any atom is -0.374 e. The molecule has 2 aromatic heterocycles. The molecule has 160 valence electrons. The Morgan fingerprint density at radius 2 is 1.90 bits per heavy atom. The Hall–Kier alpha value is -3.30. The first-order valence-electron chi connectivity index (χ1n) is 10.2. The molecule has 0 radical (unpaired) electrons. The SMILES string of the molecule is Cc1nn(C)c2cc(-c3noc(N4CCN(C(O)c5cccc(F)c5)CC4)n3)ccc12. The van der Waals surface area contributed by atoms with Gasteiger partial charge in [-0.05, 0) is 30.7 Å². The maximum absolute atomic E-state index is 13.5. The largest absolute Gasteiger partial charge is 0.374 e. The molecule has 0 aliphatic carbocycles. The van der Waals surface area contributed by atoms with Gasteiger partial charge in [0.05, 0.1) is 11.2 Å². The van der Waals surface area contributed by atoms with Crippen LogP contribution in [-0.4, -0.2) is 56.1 Å². The molecule has 0 amide bonds. The van der Waals surface area contributed by atoms with Crippen molar-refractivity contribution in [3.05, 3.63) is 59.5 Å². The van der Waals surface area contributed by atoms with Gasteiger partial charge in [-0.15, -0.1) is 0 Å². The second-order valence-corrected chi connectivity index (χ2v) is 7.79. The van der Waals surface area contributed by atoms with Crippen molar-refractivity contribution in [2.75, 3.05) is 31.1 Å². The number of fused-ring (bicyclic) bond motifs is 1. The van der Waals surface area contributed by atoms with Crippen molar-refractivity contribution in [3.8, 4) is 11.4 Å². The van der Waals surface area contributed by atoms with E-state index in [1.165, 1.54) is 12.1 Å². The molecule has 9 heteroatoms. The number of hydrogen-bond donors (Lipinski definition) is 1. The molecule has 31 heavy (non-hydrogen) atoms. The standard InChI is InChI=1S/C22H23FN6O2/c1-14-18-7-6-15(13-19(18)27(2)25-14)20-24-22(31-26-20)29-10-8-28(9-11-29)21(30)16-4-3-5-17(23)12-16/h3-7,12-13,21,30H,8-11H2,1-2H3. The van der Waals surface area contributed by atoms with Crippen LogP contribution in [0, 0.1) is 12.7 Å². The molecule has 1 unspecified atom stereocenters. The number of benzene rings is 2. The maximum Gasteiger partial charge on any atom is 0.324 e. The Morgan fingerprint density at radius 1 is 1.10 bits per heavy atom. The first-order valence-corrected chi connectivity index (χ1v) is 10.2. The lowest BCUT2D eigenvalue weighted by Crippen LogP contribution is -2.47. The van der Waals surface area contributed by atoms with Crippen LogP contribution in [-0.2, 0) is 7.05 Å². The third-order valence-corrected chi connectivity index (χ3v) is 5.79. The lowest BCUT2D eigenvalue weighted by atomic mass is 10.1. The van der Waals surface area contributed by atoms with Gasteiger partial charge in [-0.2, -0.15) is 10.1 Å². The average Bonchev–Trinajstić information content (AvgIpc) is 3.38. The van der Waals surface area contributed by atoms with Crippen LogP contribution >= 0.6 is 0 Å². The van der Waals surface area contributed by atoms with E-state index in [0.717, 1.165) is 22.2 Å². The number of anilines is 1. The molecule has 1 aliphatic rings. The number of nitrogens with zero attached hydrogens (tertiary/aromatic N) is 6. The summed E-state index contributed by atoms with van der Waals surface area (Å²) < 4.78 is 20.8. The van der Waals surface area contributed by atoms with Gasteiger partial charge in [-0.1, -0.05) is 29.4 Å². The molecule has 3 heterocycles. The molecule has 1 saturated heterocycles. The van der Waals surface area contributed by atoms with Crippen LogP contribution in [0.3, 0.4) is 0 Å². The molecule has 8 nitrogen and oxygen atoms in total. The molecular weight excluding hydrogens is 399 g/mol. The van der Waals surface area contributed by atoms with Crippen molar-refractivity contribution < 1.29 is 14.0 Å². The predicted molar refractivity (Wildman–Crippen MR) is 114 cm³/mol. The van der Waals surface area contributed by atoms with Crippen LogP contribution < -0.4 is 4.90 Å². The molecule has 0 bridgehead atoms. The summed E-state index contributed by atoms with van der Waals surface area (Å²) in [6.07, 6.45) is -0.842. The molecule has 1 aliphatic heterocycles. The monoisotopic (exact) mass is 422 g/mol. The zero-order chi connectivity index (χ0) is 21.5. The summed E-state index contributed by atoms with van der Waals surface area (Å²) >= 11 is 0. The number of aryl methyl sites for hydroxylation is 2. The van der Waals surface area contributed by atoms with E-state index in [1.54, 1.807) is 12.1 Å². The topological polar surface area (TPSA) is 83.5 Å². The highest BCUT2D eigenvalue weighted by molar-refractivity contribution is 5.85. The van der Waals surface area contributed by atoms with E-state index in [0.29, 0.717) is 43.6 Å². The fourth-order valence-electron chi connectivity index (χ4n) is 4.07.